The van der Waals surface area contributed by atoms with Crippen LogP contribution in [0.5, 0.6) is 5.75 Å². The van der Waals surface area contributed by atoms with Gasteiger partial charge in [-0.3, -0.25) is 4.79 Å². The molecule has 0 aliphatic rings. The number of rotatable bonds is 9. The van der Waals surface area contributed by atoms with Crippen LogP contribution in [0.3, 0.4) is 0 Å². The predicted molar refractivity (Wildman–Crippen MR) is 118 cm³/mol. The minimum atomic E-state index is -3.83. The Morgan fingerprint density at radius 2 is 1.74 bits per heavy atom. The number of hydrogen-bond acceptors (Lipinski definition) is 6. The Morgan fingerprint density at radius 1 is 1.06 bits per heavy atom. The third kappa shape index (κ3) is 5.85. The van der Waals surface area contributed by atoms with Crippen molar-refractivity contribution in [2.24, 2.45) is 0 Å². The molecule has 2 N–H and O–H groups in total. The number of benzene rings is 2. The van der Waals surface area contributed by atoms with Gasteiger partial charge in [0, 0.05) is 11.3 Å². The molecule has 9 heteroatoms. The highest BCUT2D eigenvalue weighted by Gasteiger charge is 2.19. The Hall–Kier alpha value is -3.33. The second-order valence-corrected chi connectivity index (χ2v) is 8.68. The van der Waals surface area contributed by atoms with Crippen LogP contribution in [0.2, 0.25) is 0 Å². The molecule has 3 rings (SSSR count). The minimum absolute atomic E-state index is 0.0396. The molecule has 31 heavy (non-hydrogen) atoms. The van der Waals surface area contributed by atoms with E-state index in [0.29, 0.717) is 22.7 Å². The van der Waals surface area contributed by atoms with Crippen LogP contribution in [0.1, 0.15) is 30.2 Å². The molecule has 164 valence electrons. The van der Waals surface area contributed by atoms with E-state index in [1.54, 1.807) is 13.8 Å². The van der Waals surface area contributed by atoms with E-state index in [0.717, 1.165) is 6.42 Å². The number of carbonyl (C=O) groups is 1. The van der Waals surface area contributed by atoms with Gasteiger partial charge in [-0.15, -0.1) is 0 Å². The Bertz CT molecular complexity index is 1140. The van der Waals surface area contributed by atoms with Gasteiger partial charge in [-0.1, -0.05) is 24.2 Å². The van der Waals surface area contributed by atoms with Crippen molar-refractivity contribution in [2.75, 3.05) is 16.6 Å². The molecule has 0 spiro atoms. The summed E-state index contributed by atoms with van der Waals surface area (Å²) in [6.07, 6.45) is 1.12. The summed E-state index contributed by atoms with van der Waals surface area (Å²) in [7, 11) is -3.83. The summed E-state index contributed by atoms with van der Waals surface area (Å²) in [6, 6.07) is 13.6. The van der Waals surface area contributed by atoms with Crippen molar-refractivity contribution in [3.63, 3.8) is 0 Å². The van der Waals surface area contributed by atoms with Crippen LogP contribution in [-0.4, -0.2) is 26.1 Å². The van der Waals surface area contributed by atoms with Crippen LogP contribution in [0.4, 0.5) is 11.6 Å². The van der Waals surface area contributed by atoms with E-state index in [-0.39, 0.29) is 29.7 Å². The number of amides is 1. The van der Waals surface area contributed by atoms with Crippen LogP contribution >= 0.6 is 0 Å². The largest absolute Gasteiger partial charge is 0.493 e. The van der Waals surface area contributed by atoms with Gasteiger partial charge in [0.25, 0.3) is 10.0 Å². The van der Waals surface area contributed by atoms with Crippen molar-refractivity contribution in [2.45, 2.75) is 38.5 Å². The summed E-state index contributed by atoms with van der Waals surface area (Å²) in [6.45, 7) is 5.76. The fourth-order valence-electron chi connectivity index (χ4n) is 2.72. The molecule has 0 saturated carbocycles. The first kappa shape index (κ1) is 22.4. The zero-order valence-corrected chi connectivity index (χ0v) is 18.5. The van der Waals surface area contributed by atoms with E-state index in [1.165, 1.54) is 29.8 Å². The van der Waals surface area contributed by atoms with Gasteiger partial charge in [0.2, 0.25) is 11.8 Å². The third-order valence-electron chi connectivity index (χ3n) is 4.76. The lowest BCUT2D eigenvalue weighted by molar-refractivity contribution is -0.116. The SMILES string of the molecule is CCc1ccc(OCCC(=O)Nc2ccc(S(=O)(=O)Nc3onc(C)c3C)cc2)cc1. The molecule has 8 nitrogen and oxygen atoms in total. The topological polar surface area (TPSA) is 111 Å². The molecular formula is C22H25N3O5S. The standard InChI is InChI=1S/C22H25N3O5S/c1-4-17-5-9-19(10-6-17)29-14-13-21(26)23-18-7-11-20(12-8-18)31(27,28)25-22-15(2)16(3)24-30-22/h5-12,25H,4,13-14H2,1-3H3,(H,23,26). The van der Waals surface area contributed by atoms with E-state index < -0.39 is 10.0 Å². The number of hydrogen-bond donors (Lipinski definition) is 2. The van der Waals surface area contributed by atoms with Crippen molar-refractivity contribution in [1.29, 1.82) is 0 Å². The van der Waals surface area contributed by atoms with Crippen molar-refractivity contribution in [1.82, 2.24) is 5.16 Å². The van der Waals surface area contributed by atoms with Crippen LogP contribution in [0, 0.1) is 13.8 Å². The maximum absolute atomic E-state index is 12.5. The van der Waals surface area contributed by atoms with E-state index in [4.69, 9.17) is 9.26 Å². The smallest absolute Gasteiger partial charge is 0.264 e. The average Bonchev–Trinajstić information content (AvgIpc) is 3.06. The summed E-state index contributed by atoms with van der Waals surface area (Å²) in [5.41, 5.74) is 2.94. The first-order valence-corrected chi connectivity index (χ1v) is 11.3. The van der Waals surface area contributed by atoms with Gasteiger partial charge in [-0.2, -0.15) is 0 Å². The fourth-order valence-corrected chi connectivity index (χ4v) is 3.76. The number of sulfonamides is 1. The van der Waals surface area contributed by atoms with Crippen molar-refractivity contribution >= 4 is 27.5 Å². The monoisotopic (exact) mass is 443 g/mol. The van der Waals surface area contributed by atoms with E-state index in [9.17, 15) is 13.2 Å². The van der Waals surface area contributed by atoms with Crippen molar-refractivity contribution in [3.8, 4) is 5.75 Å². The van der Waals surface area contributed by atoms with E-state index in [1.807, 2.05) is 24.3 Å². The highest BCUT2D eigenvalue weighted by molar-refractivity contribution is 7.92. The molecule has 0 aliphatic carbocycles. The number of carbonyl (C=O) groups excluding carboxylic acids is 1. The van der Waals surface area contributed by atoms with Crippen molar-refractivity contribution in [3.05, 3.63) is 65.4 Å². The second kappa shape index (κ2) is 9.65. The average molecular weight is 444 g/mol. The molecule has 1 aromatic heterocycles. The Kier molecular flexibility index (Phi) is 6.96. The lowest BCUT2D eigenvalue weighted by Crippen LogP contribution is -2.16. The molecule has 2 aromatic carbocycles. The highest BCUT2D eigenvalue weighted by atomic mass is 32.2. The van der Waals surface area contributed by atoms with Gasteiger partial charge in [-0.05, 0) is 62.2 Å². The number of anilines is 2. The Balaban J connectivity index is 1.52. The van der Waals surface area contributed by atoms with Crippen LogP contribution in [0.15, 0.2) is 57.9 Å². The van der Waals surface area contributed by atoms with Gasteiger partial charge in [0.1, 0.15) is 5.75 Å². The van der Waals surface area contributed by atoms with Crippen LogP contribution < -0.4 is 14.8 Å². The molecule has 0 aliphatic heterocycles. The molecule has 0 atom stereocenters. The zero-order valence-electron chi connectivity index (χ0n) is 17.6. The van der Waals surface area contributed by atoms with Gasteiger partial charge in [-0.25, -0.2) is 13.1 Å². The molecule has 0 unspecified atom stereocenters. The van der Waals surface area contributed by atoms with Gasteiger partial charge in [0.15, 0.2) is 0 Å². The molecule has 0 fully saturated rings. The third-order valence-corrected chi connectivity index (χ3v) is 6.11. The number of aromatic nitrogens is 1. The number of nitrogens with one attached hydrogen (secondary N) is 2. The Morgan fingerprint density at radius 3 is 2.32 bits per heavy atom. The first-order chi connectivity index (χ1) is 14.8. The van der Waals surface area contributed by atoms with Crippen molar-refractivity contribution < 1.29 is 22.5 Å². The second-order valence-electron chi connectivity index (χ2n) is 7.00. The summed E-state index contributed by atoms with van der Waals surface area (Å²) >= 11 is 0. The first-order valence-electron chi connectivity index (χ1n) is 9.86. The van der Waals surface area contributed by atoms with Crippen LogP contribution in [-0.2, 0) is 21.2 Å². The molecule has 3 aromatic rings. The molecule has 0 bridgehead atoms. The summed E-state index contributed by atoms with van der Waals surface area (Å²) in [4.78, 5) is 12.2. The molecule has 1 amide bonds. The van der Waals surface area contributed by atoms with Crippen LogP contribution in [0.25, 0.3) is 0 Å². The maximum atomic E-state index is 12.5. The number of nitrogens with zero attached hydrogens (tertiary/aromatic N) is 1. The quantitative estimate of drug-likeness (QED) is 0.516. The lowest BCUT2D eigenvalue weighted by atomic mass is 10.2. The minimum Gasteiger partial charge on any atom is -0.493 e. The fraction of sp³-hybridized carbons (Fsp3) is 0.273. The van der Waals surface area contributed by atoms with E-state index in [2.05, 4.69) is 22.1 Å². The maximum Gasteiger partial charge on any atom is 0.264 e. The highest BCUT2D eigenvalue weighted by Crippen LogP contribution is 2.22. The van der Waals surface area contributed by atoms with Gasteiger partial charge < -0.3 is 14.6 Å². The number of aryl methyl sites for hydroxylation is 2. The molecular weight excluding hydrogens is 418 g/mol. The molecule has 0 saturated heterocycles. The predicted octanol–water partition coefficient (Wildman–Crippen LogP) is 4.06. The Labute approximate surface area is 181 Å². The normalized spacial score (nSPS) is 11.2. The van der Waals surface area contributed by atoms with Gasteiger partial charge >= 0.3 is 0 Å². The zero-order chi connectivity index (χ0) is 22.4. The van der Waals surface area contributed by atoms with E-state index >= 15 is 0 Å². The lowest BCUT2D eigenvalue weighted by Gasteiger charge is -2.09. The summed E-state index contributed by atoms with van der Waals surface area (Å²) < 4.78 is 38.0. The summed E-state index contributed by atoms with van der Waals surface area (Å²) in [5, 5.41) is 6.46. The molecule has 1 heterocycles. The van der Waals surface area contributed by atoms with Gasteiger partial charge in [0.05, 0.1) is 23.6 Å². The summed E-state index contributed by atoms with van der Waals surface area (Å²) in [5.74, 6) is 0.565. The molecule has 0 radical (unpaired) electrons. The number of ether oxygens (including phenoxy) is 1.